The number of nitrogens with zero attached hydrogens (tertiary/aromatic N) is 1. The molecule has 2 aliphatic rings. The van der Waals surface area contributed by atoms with Crippen molar-refractivity contribution in [2.24, 2.45) is 11.8 Å². The Bertz CT molecular complexity index is 299. The van der Waals surface area contributed by atoms with Crippen LogP contribution in [0.3, 0.4) is 0 Å². The Morgan fingerprint density at radius 2 is 2.15 bits per heavy atom. The number of hydrogen-bond acceptors (Lipinski definition) is 4. The first-order valence-electron chi connectivity index (χ1n) is 8.33. The molecule has 1 saturated heterocycles. The number of ether oxygens (including phenoxy) is 1. The second kappa shape index (κ2) is 7.99. The highest BCUT2D eigenvalue weighted by Crippen LogP contribution is 2.33. The fraction of sp³-hybridized carbons (Fsp3) is 0.938. The van der Waals surface area contributed by atoms with Gasteiger partial charge in [-0.3, -0.25) is 9.69 Å². The lowest BCUT2D eigenvalue weighted by molar-refractivity contribution is -0.152. The maximum atomic E-state index is 12.5. The fourth-order valence-corrected chi connectivity index (χ4v) is 3.78. The van der Waals surface area contributed by atoms with Gasteiger partial charge in [0, 0.05) is 19.6 Å². The molecule has 0 aromatic heterocycles. The van der Waals surface area contributed by atoms with E-state index in [2.05, 4.69) is 17.1 Å². The van der Waals surface area contributed by atoms with Crippen molar-refractivity contribution in [2.75, 3.05) is 32.8 Å². The number of rotatable bonds is 4. The standard InChI is InChI=1S/C16H30N2O2/c1-3-20-16(19)15(14-7-4-6-13(2)12-14)18-10-5-8-17-9-11-18/h13-15,17H,3-12H2,1-2H3. The average molecular weight is 282 g/mol. The first-order chi connectivity index (χ1) is 9.72. The molecule has 3 unspecified atom stereocenters. The van der Waals surface area contributed by atoms with E-state index in [1.807, 2.05) is 6.92 Å². The maximum Gasteiger partial charge on any atom is 0.323 e. The van der Waals surface area contributed by atoms with Gasteiger partial charge < -0.3 is 10.1 Å². The van der Waals surface area contributed by atoms with Crippen molar-refractivity contribution in [1.29, 1.82) is 0 Å². The lowest BCUT2D eigenvalue weighted by atomic mass is 9.78. The Hall–Kier alpha value is -0.610. The number of hydrogen-bond donors (Lipinski definition) is 1. The van der Waals surface area contributed by atoms with Crippen LogP contribution in [-0.4, -0.2) is 49.7 Å². The fourth-order valence-electron chi connectivity index (χ4n) is 3.78. The van der Waals surface area contributed by atoms with E-state index in [1.165, 1.54) is 25.7 Å². The van der Waals surface area contributed by atoms with Gasteiger partial charge in [-0.15, -0.1) is 0 Å². The monoisotopic (exact) mass is 282 g/mol. The second-order valence-corrected chi connectivity index (χ2v) is 6.37. The van der Waals surface area contributed by atoms with Crippen LogP contribution in [0.15, 0.2) is 0 Å². The molecule has 1 aliphatic heterocycles. The average Bonchev–Trinajstić information content (AvgIpc) is 2.68. The van der Waals surface area contributed by atoms with Crippen molar-refractivity contribution < 1.29 is 9.53 Å². The van der Waals surface area contributed by atoms with Crippen molar-refractivity contribution >= 4 is 5.97 Å². The van der Waals surface area contributed by atoms with E-state index in [4.69, 9.17) is 4.74 Å². The normalized spacial score (nSPS) is 30.5. The smallest absolute Gasteiger partial charge is 0.323 e. The summed E-state index contributed by atoms with van der Waals surface area (Å²) in [5.74, 6) is 1.24. The van der Waals surface area contributed by atoms with Crippen LogP contribution in [0.2, 0.25) is 0 Å². The van der Waals surface area contributed by atoms with Gasteiger partial charge in [0.15, 0.2) is 0 Å². The van der Waals surface area contributed by atoms with Gasteiger partial charge in [0.05, 0.1) is 6.61 Å². The van der Waals surface area contributed by atoms with E-state index in [9.17, 15) is 4.79 Å². The Balaban J connectivity index is 2.07. The summed E-state index contributed by atoms with van der Waals surface area (Å²) in [6.45, 7) is 8.74. The van der Waals surface area contributed by atoms with Gasteiger partial charge in [0.1, 0.15) is 6.04 Å². The third kappa shape index (κ3) is 4.19. The van der Waals surface area contributed by atoms with Gasteiger partial charge in [-0.05, 0) is 44.6 Å². The lowest BCUT2D eigenvalue weighted by Gasteiger charge is -2.38. The van der Waals surface area contributed by atoms with Crippen LogP contribution in [0, 0.1) is 11.8 Å². The number of carbonyl (C=O) groups is 1. The molecule has 20 heavy (non-hydrogen) atoms. The van der Waals surface area contributed by atoms with Gasteiger partial charge in [-0.25, -0.2) is 0 Å². The molecule has 1 N–H and O–H groups in total. The Morgan fingerprint density at radius 1 is 1.30 bits per heavy atom. The van der Waals surface area contributed by atoms with Gasteiger partial charge in [0.2, 0.25) is 0 Å². The summed E-state index contributed by atoms with van der Waals surface area (Å²) in [4.78, 5) is 14.9. The summed E-state index contributed by atoms with van der Waals surface area (Å²) in [6.07, 6.45) is 6.05. The van der Waals surface area contributed by atoms with Crippen LogP contribution in [0.5, 0.6) is 0 Å². The minimum atomic E-state index is -0.0161. The number of nitrogens with one attached hydrogen (secondary N) is 1. The van der Waals surface area contributed by atoms with Crippen molar-refractivity contribution in [3.05, 3.63) is 0 Å². The minimum absolute atomic E-state index is 0.00787. The van der Waals surface area contributed by atoms with E-state index < -0.39 is 0 Å². The molecule has 2 fully saturated rings. The molecule has 0 aromatic carbocycles. The molecule has 0 aromatic rings. The van der Waals surface area contributed by atoms with E-state index >= 15 is 0 Å². The van der Waals surface area contributed by atoms with Crippen LogP contribution >= 0.6 is 0 Å². The van der Waals surface area contributed by atoms with Crippen LogP contribution < -0.4 is 5.32 Å². The highest BCUT2D eigenvalue weighted by atomic mass is 16.5. The summed E-state index contributed by atoms with van der Waals surface area (Å²) < 4.78 is 5.39. The summed E-state index contributed by atoms with van der Waals surface area (Å²) in [7, 11) is 0. The van der Waals surface area contributed by atoms with Crippen LogP contribution in [0.1, 0.15) is 46.0 Å². The van der Waals surface area contributed by atoms with E-state index in [-0.39, 0.29) is 12.0 Å². The van der Waals surface area contributed by atoms with Crippen molar-refractivity contribution in [2.45, 2.75) is 52.0 Å². The maximum absolute atomic E-state index is 12.5. The molecule has 4 nitrogen and oxygen atoms in total. The predicted octanol–water partition coefficient (Wildman–Crippen LogP) is 2.04. The molecular formula is C16H30N2O2. The quantitative estimate of drug-likeness (QED) is 0.801. The molecule has 116 valence electrons. The topological polar surface area (TPSA) is 41.6 Å². The highest BCUT2D eigenvalue weighted by Gasteiger charge is 2.36. The highest BCUT2D eigenvalue weighted by molar-refractivity contribution is 5.76. The molecule has 2 rings (SSSR count). The number of carbonyl (C=O) groups excluding carboxylic acids is 1. The SMILES string of the molecule is CCOC(=O)C(C1CCCC(C)C1)N1CCCNCC1. The molecule has 0 spiro atoms. The molecule has 0 bridgehead atoms. The van der Waals surface area contributed by atoms with Crippen LogP contribution in [-0.2, 0) is 9.53 Å². The molecule has 1 saturated carbocycles. The molecule has 4 heteroatoms. The zero-order chi connectivity index (χ0) is 14.4. The van der Waals surface area contributed by atoms with Crippen molar-refractivity contribution in [3.8, 4) is 0 Å². The summed E-state index contributed by atoms with van der Waals surface area (Å²) >= 11 is 0. The predicted molar refractivity (Wildman–Crippen MR) is 80.6 cm³/mol. The van der Waals surface area contributed by atoms with Gasteiger partial charge in [-0.1, -0.05) is 19.8 Å². The zero-order valence-electron chi connectivity index (χ0n) is 13.1. The molecule has 0 radical (unpaired) electrons. The van der Waals surface area contributed by atoms with Gasteiger partial charge >= 0.3 is 5.97 Å². The Kier molecular flexibility index (Phi) is 6.30. The first kappa shape index (κ1) is 15.8. The molecule has 0 amide bonds. The van der Waals surface area contributed by atoms with E-state index in [1.54, 1.807) is 0 Å². The molecule has 1 aliphatic carbocycles. The summed E-state index contributed by atoms with van der Waals surface area (Å²) in [5, 5.41) is 3.42. The number of esters is 1. The largest absolute Gasteiger partial charge is 0.465 e. The zero-order valence-corrected chi connectivity index (χ0v) is 13.1. The summed E-state index contributed by atoms with van der Waals surface area (Å²) in [6, 6.07) is -0.0161. The second-order valence-electron chi connectivity index (χ2n) is 6.37. The van der Waals surface area contributed by atoms with Crippen molar-refractivity contribution in [3.63, 3.8) is 0 Å². The van der Waals surface area contributed by atoms with Crippen LogP contribution in [0.25, 0.3) is 0 Å². The molecular weight excluding hydrogens is 252 g/mol. The lowest BCUT2D eigenvalue weighted by Crippen LogP contribution is -2.49. The van der Waals surface area contributed by atoms with E-state index in [0.29, 0.717) is 12.5 Å². The van der Waals surface area contributed by atoms with E-state index in [0.717, 1.165) is 38.5 Å². The van der Waals surface area contributed by atoms with Crippen molar-refractivity contribution in [1.82, 2.24) is 10.2 Å². The Labute approximate surface area is 123 Å². The Morgan fingerprint density at radius 3 is 2.90 bits per heavy atom. The third-order valence-corrected chi connectivity index (χ3v) is 4.72. The third-order valence-electron chi connectivity index (χ3n) is 4.72. The van der Waals surface area contributed by atoms with Crippen LogP contribution in [0.4, 0.5) is 0 Å². The summed E-state index contributed by atoms with van der Waals surface area (Å²) in [5.41, 5.74) is 0. The minimum Gasteiger partial charge on any atom is -0.465 e. The molecule has 3 atom stereocenters. The molecule has 1 heterocycles. The first-order valence-corrected chi connectivity index (χ1v) is 8.33. The van der Waals surface area contributed by atoms with Gasteiger partial charge in [0.25, 0.3) is 0 Å². The van der Waals surface area contributed by atoms with Gasteiger partial charge in [-0.2, -0.15) is 0 Å².